The van der Waals surface area contributed by atoms with Gasteiger partial charge in [-0.15, -0.1) is 0 Å². The van der Waals surface area contributed by atoms with E-state index in [0.717, 1.165) is 4.57 Å². The van der Waals surface area contributed by atoms with E-state index in [1.165, 1.54) is 6.07 Å². The molecule has 150 valence electrons. The smallest absolute Gasteiger partial charge is 0.339 e. The molecule has 29 heavy (non-hydrogen) atoms. The first-order chi connectivity index (χ1) is 13.8. The van der Waals surface area contributed by atoms with Crippen LogP contribution in [-0.2, 0) is 11.3 Å². The zero-order chi connectivity index (χ0) is 21.1. The van der Waals surface area contributed by atoms with Gasteiger partial charge in [0.25, 0.3) is 5.56 Å². The number of hydrogen-bond acceptors (Lipinski definition) is 7. The lowest BCUT2D eigenvalue weighted by Gasteiger charge is -2.11. The van der Waals surface area contributed by atoms with E-state index in [0.29, 0.717) is 17.3 Å². The van der Waals surface area contributed by atoms with Crippen molar-refractivity contribution in [1.29, 1.82) is 0 Å². The van der Waals surface area contributed by atoms with Gasteiger partial charge in [-0.1, -0.05) is 36.7 Å². The number of fused-ring (bicyclic) bond motifs is 1. The highest BCUT2D eigenvalue weighted by atomic mass is 35.5. The van der Waals surface area contributed by atoms with Crippen LogP contribution in [0.25, 0.3) is 10.9 Å². The molecule has 0 unspecified atom stereocenters. The van der Waals surface area contributed by atoms with Crippen molar-refractivity contribution in [1.82, 2.24) is 14.5 Å². The summed E-state index contributed by atoms with van der Waals surface area (Å²) in [6.07, 6.45) is 0.564. The number of nitrogens with two attached hydrogens (primary N) is 1. The number of pyridine rings is 1. The second kappa shape index (κ2) is 8.27. The van der Waals surface area contributed by atoms with E-state index < -0.39 is 35.2 Å². The summed E-state index contributed by atoms with van der Waals surface area (Å²) in [7, 11) is 0. The molecule has 0 saturated heterocycles. The van der Waals surface area contributed by atoms with Crippen molar-refractivity contribution in [2.75, 3.05) is 12.3 Å². The van der Waals surface area contributed by atoms with Gasteiger partial charge in [0.05, 0.1) is 11.1 Å². The summed E-state index contributed by atoms with van der Waals surface area (Å²) in [4.78, 5) is 55.1. The minimum absolute atomic E-state index is 0.0920. The van der Waals surface area contributed by atoms with E-state index in [1.807, 2.05) is 11.9 Å². The number of ketones is 1. The minimum Gasteiger partial charge on any atom is -0.454 e. The van der Waals surface area contributed by atoms with Crippen molar-refractivity contribution in [2.45, 2.75) is 19.9 Å². The molecule has 2 heterocycles. The van der Waals surface area contributed by atoms with E-state index in [1.54, 1.807) is 24.3 Å². The van der Waals surface area contributed by atoms with E-state index in [4.69, 9.17) is 22.1 Å². The van der Waals surface area contributed by atoms with Crippen LogP contribution in [0.3, 0.4) is 0 Å². The average Bonchev–Trinajstić information content (AvgIpc) is 2.68. The number of H-pyrrole nitrogens is 1. The lowest BCUT2D eigenvalue weighted by Crippen LogP contribution is -2.37. The molecule has 0 fully saturated rings. The monoisotopic (exact) mass is 416 g/mol. The molecule has 3 N–H and O–H groups in total. The third-order valence-electron chi connectivity index (χ3n) is 4.20. The topological polar surface area (TPSA) is 137 Å². The highest BCUT2D eigenvalue weighted by molar-refractivity contribution is 6.30. The summed E-state index contributed by atoms with van der Waals surface area (Å²) in [6.45, 7) is 1.30. The molecule has 0 radical (unpaired) electrons. The van der Waals surface area contributed by atoms with Crippen LogP contribution in [0.2, 0.25) is 5.15 Å². The largest absolute Gasteiger partial charge is 0.454 e. The van der Waals surface area contributed by atoms with Gasteiger partial charge in [-0.2, -0.15) is 0 Å². The Balaban J connectivity index is 1.87. The zero-order valence-electron chi connectivity index (χ0n) is 15.4. The lowest BCUT2D eigenvalue weighted by atomic mass is 10.1. The Hall–Kier alpha value is -3.46. The first-order valence-electron chi connectivity index (χ1n) is 8.71. The van der Waals surface area contributed by atoms with Crippen molar-refractivity contribution in [3.05, 3.63) is 67.4 Å². The zero-order valence-corrected chi connectivity index (χ0v) is 16.2. The lowest BCUT2D eigenvalue weighted by molar-refractivity contribution is 0.0476. The highest BCUT2D eigenvalue weighted by Crippen LogP contribution is 2.21. The number of hydrogen-bond donors (Lipinski definition) is 2. The third-order valence-corrected chi connectivity index (χ3v) is 4.40. The molecule has 9 nitrogen and oxygen atoms in total. The number of rotatable bonds is 6. The normalized spacial score (nSPS) is 10.8. The van der Waals surface area contributed by atoms with Crippen LogP contribution in [0, 0.1) is 0 Å². The van der Waals surface area contributed by atoms with Crippen LogP contribution in [0.4, 0.5) is 5.82 Å². The molecule has 3 rings (SSSR count). The number of anilines is 1. The maximum atomic E-state index is 12.5. The molecular formula is C19H17ClN4O5. The van der Waals surface area contributed by atoms with Gasteiger partial charge in [0, 0.05) is 11.9 Å². The Kier molecular flexibility index (Phi) is 5.79. The SMILES string of the molecule is CCCn1c(N)c(C(=O)COC(=O)c2cc(Cl)nc3ccccc23)c(=O)[nH]c1=O. The fourth-order valence-corrected chi connectivity index (χ4v) is 3.10. The van der Waals surface area contributed by atoms with E-state index >= 15 is 0 Å². The molecule has 0 bridgehead atoms. The number of ether oxygens (including phenoxy) is 1. The molecule has 0 aliphatic rings. The van der Waals surface area contributed by atoms with Crippen LogP contribution >= 0.6 is 11.6 Å². The molecule has 0 atom stereocenters. The number of esters is 1. The fraction of sp³-hybridized carbons (Fsp3) is 0.211. The van der Waals surface area contributed by atoms with E-state index in [9.17, 15) is 19.2 Å². The number of nitrogen functional groups attached to an aromatic ring is 1. The standard InChI is InChI=1S/C19H17ClN4O5/c1-2-7-24-16(21)15(17(26)23-19(24)28)13(25)9-29-18(27)11-8-14(20)22-12-6-4-3-5-10(11)12/h3-6,8H,2,7,9,21H2,1H3,(H,23,26,28). The number of nitrogens with one attached hydrogen (secondary N) is 1. The van der Waals surface area contributed by atoms with Crippen molar-refractivity contribution in [3.8, 4) is 0 Å². The molecule has 2 aromatic heterocycles. The van der Waals surface area contributed by atoms with Crippen LogP contribution in [-0.4, -0.2) is 32.9 Å². The summed E-state index contributed by atoms with van der Waals surface area (Å²) < 4.78 is 6.17. The van der Waals surface area contributed by atoms with Crippen molar-refractivity contribution >= 4 is 40.1 Å². The number of nitrogens with zero attached hydrogens (tertiary/aromatic N) is 2. The van der Waals surface area contributed by atoms with Crippen molar-refractivity contribution < 1.29 is 14.3 Å². The van der Waals surface area contributed by atoms with Crippen LogP contribution in [0.1, 0.15) is 34.1 Å². The van der Waals surface area contributed by atoms with Gasteiger partial charge in [-0.05, 0) is 18.6 Å². The number of halogens is 1. The number of aromatic amines is 1. The Bertz CT molecular complexity index is 1230. The molecule has 0 amide bonds. The van der Waals surface area contributed by atoms with Crippen LogP contribution in [0.15, 0.2) is 39.9 Å². The summed E-state index contributed by atoms with van der Waals surface area (Å²) in [5.74, 6) is -1.90. The Morgan fingerprint density at radius 1 is 1.28 bits per heavy atom. The van der Waals surface area contributed by atoms with Gasteiger partial charge in [-0.3, -0.25) is 19.1 Å². The first-order valence-corrected chi connectivity index (χ1v) is 9.09. The second-order valence-corrected chi connectivity index (χ2v) is 6.57. The average molecular weight is 417 g/mol. The van der Waals surface area contributed by atoms with Gasteiger partial charge in [0.15, 0.2) is 6.61 Å². The van der Waals surface area contributed by atoms with Gasteiger partial charge < -0.3 is 10.5 Å². The molecule has 0 spiro atoms. The Morgan fingerprint density at radius 3 is 2.72 bits per heavy atom. The number of benzene rings is 1. The third kappa shape index (κ3) is 4.04. The van der Waals surface area contributed by atoms with Gasteiger partial charge in [0.1, 0.15) is 16.5 Å². The molecular weight excluding hydrogens is 400 g/mol. The number of carbonyl (C=O) groups is 2. The van der Waals surface area contributed by atoms with Crippen molar-refractivity contribution in [2.24, 2.45) is 0 Å². The number of aromatic nitrogens is 3. The Morgan fingerprint density at radius 2 is 2.00 bits per heavy atom. The Labute approximate surface area is 169 Å². The van der Waals surface area contributed by atoms with Gasteiger partial charge >= 0.3 is 11.7 Å². The molecule has 0 aliphatic heterocycles. The van der Waals surface area contributed by atoms with Crippen LogP contribution < -0.4 is 17.0 Å². The summed E-state index contributed by atoms with van der Waals surface area (Å²) in [5, 5.41) is 0.595. The quantitative estimate of drug-likeness (QED) is 0.355. The predicted octanol–water partition coefficient (Wildman–Crippen LogP) is 1.77. The molecule has 3 aromatic rings. The summed E-state index contributed by atoms with van der Waals surface area (Å²) in [5.41, 5.74) is 4.39. The maximum Gasteiger partial charge on any atom is 0.339 e. The molecule has 0 aliphatic carbocycles. The van der Waals surface area contributed by atoms with E-state index in [-0.39, 0.29) is 23.1 Å². The number of para-hydroxylation sites is 1. The number of carbonyl (C=O) groups excluding carboxylic acids is 2. The molecule has 1 aromatic carbocycles. The van der Waals surface area contributed by atoms with Crippen molar-refractivity contribution in [3.63, 3.8) is 0 Å². The molecule has 10 heteroatoms. The van der Waals surface area contributed by atoms with E-state index in [2.05, 4.69) is 4.98 Å². The maximum absolute atomic E-state index is 12.5. The molecule has 0 saturated carbocycles. The van der Waals surface area contributed by atoms with Gasteiger partial charge in [0.2, 0.25) is 5.78 Å². The second-order valence-electron chi connectivity index (χ2n) is 6.18. The highest BCUT2D eigenvalue weighted by Gasteiger charge is 2.22. The summed E-state index contributed by atoms with van der Waals surface area (Å²) in [6, 6.07) is 8.14. The number of Topliss-reactive ketones (excluding diaryl/α,β-unsaturated/α-hetero) is 1. The van der Waals surface area contributed by atoms with Gasteiger partial charge in [-0.25, -0.2) is 14.6 Å². The minimum atomic E-state index is -0.932. The fourth-order valence-electron chi connectivity index (χ4n) is 2.90. The summed E-state index contributed by atoms with van der Waals surface area (Å²) >= 11 is 5.95. The van der Waals surface area contributed by atoms with Crippen LogP contribution in [0.5, 0.6) is 0 Å². The predicted molar refractivity (Wildman–Crippen MR) is 107 cm³/mol. The first kappa shape index (κ1) is 20.3.